The molecule has 2 heterocycles. The van der Waals surface area contributed by atoms with Crippen molar-refractivity contribution in [3.63, 3.8) is 0 Å². The molecule has 42 heavy (non-hydrogen) atoms. The van der Waals surface area contributed by atoms with E-state index >= 15 is 0 Å². The molecule has 12 heteroatoms. The highest BCUT2D eigenvalue weighted by Gasteiger charge is 2.25. The van der Waals surface area contributed by atoms with Crippen molar-refractivity contribution >= 4 is 23.8 Å². The third-order valence-corrected chi connectivity index (χ3v) is 5.78. The molecule has 2 rings (SSSR count). The van der Waals surface area contributed by atoms with Gasteiger partial charge in [0.15, 0.2) is 11.4 Å². The summed E-state index contributed by atoms with van der Waals surface area (Å²) in [6.45, 7) is 12.0. The van der Waals surface area contributed by atoms with Gasteiger partial charge in [0.05, 0.1) is 13.1 Å². The summed E-state index contributed by atoms with van der Waals surface area (Å²) < 4.78 is 11.1. The van der Waals surface area contributed by atoms with Crippen LogP contribution in [0.5, 0.6) is 0 Å². The summed E-state index contributed by atoms with van der Waals surface area (Å²) in [4.78, 5) is 62.8. The maximum Gasteiger partial charge on any atom is 0.357 e. The third kappa shape index (κ3) is 11.9. The summed E-state index contributed by atoms with van der Waals surface area (Å²) in [5.41, 5.74) is 0.167. The summed E-state index contributed by atoms with van der Waals surface area (Å²) in [5, 5.41) is 5.26. The fraction of sp³-hybridized carbons (Fsp3) is 0.533. The van der Waals surface area contributed by atoms with E-state index in [-0.39, 0.29) is 49.4 Å². The van der Waals surface area contributed by atoms with Crippen molar-refractivity contribution in [1.82, 2.24) is 30.4 Å². The second-order valence-corrected chi connectivity index (χ2v) is 11.8. The molecule has 0 aliphatic heterocycles. The molecular formula is C30H44N6O6. The molecule has 0 fully saturated rings. The van der Waals surface area contributed by atoms with Crippen LogP contribution in [-0.2, 0) is 32.2 Å². The van der Waals surface area contributed by atoms with Gasteiger partial charge in [0.2, 0.25) is 11.8 Å². The third-order valence-electron chi connectivity index (χ3n) is 5.78. The summed E-state index contributed by atoms with van der Waals surface area (Å²) in [7, 11) is 3.10. The number of carbonyl (C=O) groups excluding carboxylic acids is 4. The van der Waals surface area contributed by atoms with Crippen LogP contribution in [0.25, 0.3) is 0 Å². The fourth-order valence-corrected chi connectivity index (χ4v) is 3.91. The number of rotatable bonds is 13. The number of nitrogens with one attached hydrogen (secondary N) is 2. The molecule has 0 saturated heterocycles. The smallest absolute Gasteiger partial charge is 0.357 e. The minimum Gasteiger partial charge on any atom is -0.455 e. The van der Waals surface area contributed by atoms with Crippen molar-refractivity contribution in [2.45, 2.75) is 65.8 Å². The highest BCUT2D eigenvalue weighted by Crippen LogP contribution is 2.17. The van der Waals surface area contributed by atoms with Gasteiger partial charge in [-0.15, -0.1) is 0 Å². The van der Waals surface area contributed by atoms with Gasteiger partial charge < -0.3 is 20.1 Å². The van der Waals surface area contributed by atoms with Crippen LogP contribution in [0.3, 0.4) is 0 Å². The van der Waals surface area contributed by atoms with Crippen LogP contribution in [0.1, 0.15) is 73.6 Å². The topological polar surface area (TPSA) is 143 Å². The van der Waals surface area contributed by atoms with Crippen molar-refractivity contribution in [3.8, 4) is 0 Å². The van der Waals surface area contributed by atoms with Gasteiger partial charge in [0.1, 0.15) is 11.2 Å². The number of carbonyl (C=O) groups is 4. The first kappa shape index (κ1) is 34.3. The SMILES string of the molecule is CNC(=O)CN(CCN(CC(=O)NC)Cc1cccnc1C(=O)OC(C)(C)C)Cc1cccnc1C(=O)OC(C)(C)C. The normalized spacial score (nSPS) is 11.8. The Morgan fingerprint density at radius 1 is 0.690 bits per heavy atom. The number of aromatic nitrogens is 2. The van der Waals surface area contributed by atoms with Gasteiger partial charge in [-0.25, -0.2) is 19.6 Å². The van der Waals surface area contributed by atoms with Gasteiger partial charge in [-0.2, -0.15) is 0 Å². The summed E-state index contributed by atoms with van der Waals surface area (Å²) >= 11 is 0. The van der Waals surface area contributed by atoms with E-state index in [4.69, 9.17) is 9.47 Å². The Bertz CT molecular complexity index is 1140. The highest BCUT2D eigenvalue weighted by molar-refractivity contribution is 5.89. The first-order chi connectivity index (χ1) is 19.6. The number of hydrogen-bond donors (Lipinski definition) is 2. The molecular weight excluding hydrogens is 540 g/mol. The van der Waals surface area contributed by atoms with Crippen molar-refractivity contribution in [3.05, 3.63) is 59.2 Å². The molecule has 0 aliphatic rings. The number of likely N-dealkylation sites (N-methyl/N-ethyl adjacent to an activating group) is 2. The minimum absolute atomic E-state index is 0.0447. The maximum absolute atomic E-state index is 12.9. The van der Waals surface area contributed by atoms with Crippen LogP contribution >= 0.6 is 0 Å². The Morgan fingerprint density at radius 3 is 1.36 bits per heavy atom. The molecule has 0 bridgehead atoms. The van der Waals surface area contributed by atoms with Gasteiger partial charge >= 0.3 is 11.9 Å². The zero-order chi connectivity index (χ0) is 31.5. The molecule has 0 atom stereocenters. The Morgan fingerprint density at radius 2 is 1.05 bits per heavy atom. The second-order valence-electron chi connectivity index (χ2n) is 11.8. The van der Waals surface area contributed by atoms with Crippen molar-refractivity contribution in [1.29, 1.82) is 0 Å². The van der Waals surface area contributed by atoms with E-state index in [1.165, 1.54) is 12.4 Å². The lowest BCUT2D eigenvalue weighted by molar-refractivity contribution is -0.123. The molecule has 0 radical (unpaired) electrons. The van der Waals surface area contributed by atoms with Crippen LogP contribution in [0.15, 0.2) is 36.7 Å². The molecule has 0 aliphatic carbocycles. The predicted molar refractivity (Wildman–Crippen MR) is 157 cm³/mol. The molecule has 2 N–H and O–H groups in total. The van der Waals surface area contributed by atoms with Gasteiger partial charge in [0, 0.05) is 52.7 Å². The molecule has 0 aromatic carbocycles. The number of esters is 2. The zero-order valence-electron chi connectivity index (χ0n) is 25.9. The highest BCUT2D eigenvalue weighted by atomic mass is 16.6. The largest absolute Gasteiger partial charge is 0.455 e. The molecule has 0 unspecified atom stereocenters. The summed E-state index contributed by atoms with van der Waals surface area (Å²) in [6.07, 6.45) is 3.04. The average molecular weight is 585 g/mol. The van der Waals surface area contributed by atoms with Crippen LogP contribution < -0.4 is 10.6 Å². The van der Waals surface area contributed by atoms with E-state index in [2.05, 4.69) is 20.6 Å². The quantitative estimate of drug-likeness (QED) is 0.336. The van der Waals surface area contributed by atoms with Crippen LogP contribution in [0.2, 0.25) is 0 Å². The molecule has 230 valence electrons. The molecule has 0 spiro atoms. The number of amides is 2. The van der Waals surface area contributed by atoms with Crippen molar-refractivity contribution in [2.24, 2.45) is 0 Å². The minimum atomic E-state index is -0.696. The lowest BCUT2D eigenvalue weighted by atomic mass is 10.1. The maximum atomic E-state index is 12.9. The molecule has 0 saturated carbocycles. The Labute approximate surface area is 248 Å². The van der Waals surface area contributed by atoms with Gasteiger partial charge in [-0.05, 0) is 64.8 Å². The molecule has 2 aromatic heterocycles. The van der Waals surface area contributed by atoms with Gasteiger partial charge in [-0.3, -0.25) is 19.4 Å². The van der Waals surface area contributed by atoms with Crippen LogP contribution in [0, 0.1) is 0 Å². The fourth-order valence-electron chi connectivity index (χ4n) is 3.91. The Balaban J connectivity index is 2.31. The predicted octanol–water partition coefficient (Wildman–Crippen LogP) is 2.18. The van der Waals surface area contributed by atoms with E-state index in [1.54, 1.807) is 79.9 Å². The molecule has 2 amide bonds. The van der Waals surface area contributed by atoms with E-state index in [9.17, 15) is 19.2 Å². The Kier molecular flexibility index (Phi) is 12.5. The molecule has 12 nitrogen and oxygen atoms in total. The van der Waals surface area contributed by atoms with Crippen LogP contribution in [0.4, 0.5) is 0 Å². The lowest BCUT2D eigenvalue weighted by Crippen LogP contribution is -2.43. The molecule has 2 aromatic rings. The standard InChI is InChI=1S/C30H44N6O6/c1-29(2,3)41-27(39)25-21(11-9-13-33-25)17-35(19-23(37)31-7)15-16-36(20-24(38)32-8)18-22-12-10-14-34-26(22)28(40)42-30(4,5)6/h9-14H,15-20H2,1-8H3,(H,31,37)(H,32,38). The number of ether oxygens (including phenoxy) is 2. The first-order valence-corrected chi connectivity index (χ1v) is 13.8. The monoisotopic (exact) mass is 584 g/mol. The van der Waals surface area contributed by atoms with Gasteiger partial charge in [0.25, 0.3) is 0 Å². The lowest BCUT2D eigenvalue weighted by Gasteiger charge is -2.28. The van der Waals surface area contributed by atoms with E-state index in [0.717, 1.165) is 0 Å². The summed E-state index contributed by atoms with van der Waals surface area (Å²) in [5.74, 6) is -1.53. The van der Waals surface area contributed by atoms with E-state index < -0.39 is 23.1 Å². The summed E-state index contributed by atoms with van der Waals surface area (Å²) in [6, 6.07) is 6.99. The second kappa shape index (κ2) is 15.4. The van der Waals surface area contributed by atoms with Gasteiger partial charge in [-0.1, -0.05) is 12.1 Å². The van der Waals surface area contributed by atoms with Crippen LogP contribution in [-0.4, -0.2) is 95.0 Å². The Hall–Kier alpha value is -3.90. The number of nitrogens with zero attached hydrogens (tertiary/aromatic N) is 4. The van der Waals surface area contributed by atoms with Crippen molar-refractivity contribution < 1.29 is 28.7 Å². The number of hydrogen-bond acceptors (Lipinski definition) is 10. The average Bonchev–Trinajstić information content (AvgIpc) is 2.89. The number of pyridine rings is 2. The van der Waals surface area contributed by atoms with Crippen molar-refractivity contribution in [2.75, 3.05) is 40.3 Å². The first-order valence-electron chi connectivity index (χ1n) is 13.8. The van der Waals surface area contributed by atoms with E-state index in [1.807, 2.05) is 9.80 Å². The zero-order valence-corrected chi connectivity index (χ0v) is 25.9. The van der Waals surface area contributed by atoms with E-state index in [0.29, 0.717) is 24.2 Å².